The maximum absolute atomic E-state index is 13.3. The second-order valence-electron chi connectivity index (χ2n) is 8.82. The number of rotatable bonds is 5. The summed E-state index contributed by atoms with van der Waals surface area (Å²) in [5.41, 5.74) is 1.72. The van der Waals surface area contributed by atoms with Crippen LogP contribution in [0.1, 0.15) is 57.8 Å². The van der Waals surface area contributed by atoms with Crippen molar-refractivity contribution in [1.82, 2.24) is 14.8 Å². The molecular formula is C23H28N4O2S. The molecule has 2 heterocycles. The van der Waals surface area contributed by atoms with E-state index in [2.05, 4.69) is 15.2 Å². The van der Waals surface area contributed by atoms with E-state index in [-0.39, 0.29) is 30.3 Å². The number of nitrogens with one attached hydrogen (secondary N) is 2. The van der Waals surface area contributed by atoms with Gasteiger partial charge in [0.15, 0.2) is 5.11 Å². The highest BCUT2D eigenvalue weighted by atomic mass is 32.1. The number of hydrogen-bond acceptors (Lipinski definition) is 3. The average molecular weight is 425 g/mol. The molecule has 6 nitrogen and oxygen atoms in total. The van der Waals surface area contributed by atoms with Crippen molar-refractivity contribution in [3.63, 3.8) is 0 Å². The van der Waals surface area contributed by atoms with E-state index in [0.717, 1.165) is 55.1 Å². The van der Waals surface area contributed by atoms with Crippen molar-refractivity contribution >= 4 is 45.7 Å². The number of amides is 2. The number of carbonyl (C=O) groups excluding carboxylic acids is 2. The Kier molecular flexibility index (Phi) is 5.23. The van der Waals surface area contributed by atoms with Crippen LogP contribution in [0.4, 0.5) is 5.69 Å². The molecule has 2 aliphatic carbocycles. The Morgan fingerprint density at radius 3 is 2.57 bits per heavy atom. The minimum Gasteiger partial charge on any atom is -0.361 e. The van der Waals surface area contributed by atoms with Crippen LogP contribution in [-0.2, 0) is 9.59 Å². The Bertz CT molecular complexity index is 974. The Hall–Kier alpha value is -2.41. The van der Waals surface area contributed by atoms with Crippen LogP contribution in [0.15, 0.2) is 30.5 Å². The maximum Gasteiger partial charge on any atom is 0.252 e. The molecule has 2 amide bonds. The number of thiocarbonyl (C=S) groups is 1. The van der Waals surface area contributed by atoms with Crippen LogP contribution in [0, 0.1) is 0 Å². The number of benzene rings is 1. The third-order valence-corrected chi connectivity index (χ3v) is 7.04. The zero-order chi connectivity index (χ0) is 20.7. The van der Waals surface area contributed by atoms with Gasteiger partial charge in [-0.05, 0) is 61.5 Å². The molecule has 1 unspecified atom stereocenters. The predicted octanol–water partition coefficient (Wildman–Crippen LogP) is 4.18. The van der Waals surface area contributed by atoms with Gasteiger partial charge < -0.3 is 15.2 Å². The smallest absolute Gasteiger partial charge is 0.252 e. The van der Waals surface area contributed by atoms with Gasteiger partial charge >= 0.3 is 0 Å². The lowest BCUT2D eigenvalue weighted by atomic mass is 10.0. The SMILES string of the molecule is O=C(CC1C(=O)N(C2CC2)C(=S)N1C1CCCCCC1)Nc1ccc2cc[nH]c2c1. The summed E-state index contributed by atoms with van der Waals surface area (Å²) in [5.74, 6) is -0.125. The van der Waals surface area contributed by atoms with Crippen molar-refractivity contribution in [3.05, 3.63) is 30.5 Å². The largest absolute Gasteiger partial charge is 0.361 e. The summed E-state index contributed by atoms with van der Waals surface area (Å²) >= 11 is 5.78. The molecule has 2 N–H and O–H groups in total. The third kappa shape index (κ3) is 3.71. The van der Waals surface area contributed by atoms with Gasteiger partial charge in [0, 0.05) is 29.5 Å². The highest BCUT2D eigenvalue weighted by Gasteiger charge is 2.50. The third-order valence-electron chi connectivity index (χ3n) is 6.63. The number of nitrogens with zero attached hydrogens (tertiary/aromatic N) is 2. The first-order valence-electron chi connectivity index (χ1n) is 11.1. The van der Waals surface area contributed by atoms with Crippen molar-refractivity contribution in [3.8, 4) is 0 Å². The van der Waals surface area contributed by atoms with Crippen molar-refractivity contribution in [2.24, 2.45) is 0 Å². The molecule has 1 saturated heterocycles. The molecule has 3 aliphatic rings. The number of carbonyl (C=O) groups is 2. The molecule has 158 valence electrons. The number of hydrogen-bond donors (Lipinski definition) is 2. The van der Waals surface area contributed by atoms with Gasteiger partial charge in [0.05, 0.1) is 6.42 Å². The van der Waals surface area contributed by atoms with Crippen LogP contribution in [0.5, 0.6) is 0 Å². The molecule has 5 rings (SSSR count). The number of aromatic amines is 1. The lowest BCUT2D eigenvalue weighted by Crippen LogP contribution is -2.44. The first-order valence-corrected chi connectivity index (χ1v) is 11.5. The molecule has 7 heteroatoms. The maximum atomic E-state index is 13.3. The van der Waals surface area contributed by atoms with Crippen LogP contribution in [0.3, 0.4) is 0 Å². The van der Waals surface area contributed by atoms with Crippen molar-refractivity contribution in [1.29, 1.82) is 0 Å². The molecular weight excluding hydrogens is 396 g/mol. The van der Waals surface area contributed by atoms with E-state index in [4.69, 9.17) is 12.2 Å². The highest BCUT2D eigenvalue weighted by Crippen LogP contribution is 2.37. The summed E-state index contributed by atoms with van der Waals surface area (Å²) < 4.78 is 0. The molecule has 1 aromatic heterocycles. The Morgan fingerprint density at radius 2 is 1.83 bits per heavy atom. The van der Waals surface area contributed by atoms with Crippen LogP contribution in [0.2, 0.25) is 0 Å². The predicted molar refractivity (Wildman–Crippen MR) is 121 cm³/mol. The molecule has 1 atom stereocenters. The minimum absolute atomic E-state index is 0.0155. The molecule has 2 aromatic rings. The molecule has 30 heavy (non-hydrogen) atoms. The molecule has 0 bridgehead atoms. The second kappa shape index (κ2) is 8.02. The van der Waals surface area contributed by atoms with E-state index in [9.17, 15) is 9.59 Å². The van der Waals surface area contributed by atoms with Crippen LogP contribution in [0.25, 0.3) is 10.9 Å². The zero-order valence-electron chi connectivity index (χ0n) is 17.1. The Balaban J connectivity index is 1.34. The van der Waals surface area contributed by atoms with Crippen molar-refractivity contribution < 1.29 is 9.59 Å². The van der Waals surface area contributed by atoms with Crippen molar-refractivity contribution in [2.45, 2.75) is 75.9 Å². The fourth-order valence-electron chi connectivity index (χ4n) is 4.95. The summed E-state index contributed by atoms with van der Waals surface area (Å²) in [5, 5.41) is 4.74. The van der Waals surface area contributed by atoms with Crippen LogP contribution < -0.4 is 5.32 Å². The van der Waals surface area contributed by atoms with Gasteiger partial charge in [0.25, 0.3) is 5.91 Å². The van der Waals surface area contributed by atoms with E-state index >= 15 is 0 Å². The lowest BCUT2D eigenvalue weighted by Gasteiger charge is -2.32. The van der Waals surface area contributed by atoms with E-state index in [1.54, 1.807) is 0 Å². The molecule has 1 aromatic carbocycles. The molecule has 2 saturated carbocycles. The van der Waals surface area contributed by atoms with Crippen LogP contribution >= 0.6 is 12.2 Å². The average Bonchev–Trinajstić information content (AvgIpc) is 3.46. The molecule has 1 aliphatic heterocycles. The van der Waals surface area contributed by atoms with Gasteiger partial charge in [-0.2, -0.15) is 0 Å². The number of fused-ring (bicyclic) bond motifs is 1. The first-order chi connectivity index (χ1) is 14.6. The summed E-state index contributed by atoms with van der Waals surface area (Å²) in [6.45, 7) is 0. The van der Waals surface area contributed by atoms with E-state index in [1.165, 1.54) is 12.8 Å². The number of anilines is 1. The van der Waals surface area contributed by atoms with Gasteiger partial charge in [0.2, 0.25) is 5.91 Å². The van der Waals surface area contributed by atoms with E-state index in [1.807, 2.05) is 35.4 Å². The standard InChI is InChI=1S/C23H28N4O2S/c28-21(25-16-8-7-15-11-12-24-19(15)13-16)14-20-22(29)27(18-9-10-18)23(30)26(20)17-5-3-1-2-4-6-17/h7-8,11-13,17-18,20,24H,1-6,9-10,14H2,(H,25,28). The molecule has 0 radical (unpaired) electrons. The molecule has 0 spiro atoms. The molecule has 3 fully saturated rings. The summed E-state index contributed by atoms with van der Waals surface area (Å²) in [6.07, 6.45) is 11.0. The topological polar surface area (TPSA) is 68.4 Å². The number of H-pyrrole nitrogens is 1. The highest BCUT2D eigenvalue weighted by molar-refractivity contribution is 7.80. The van der Waals surface area contributed by atoms with Crippen LogP contribution in [-0.4, -0.2) is 49.8 Å². The van der Waals surface area contributed by atoms with Gasteiger partial charge in [-0.15, -0.1) is 0 Å². The normalized spacial score (nSPS) is 23.3. The van der Waals surface area contributed by atoms with E-state index in [0.29, 0.717) is 5.11 Å². The number of aromatic nitrogens is 1. The lowest BCUT2D eigenvalue weighted by molar-refractivity contribution is -0.131. The van der Waals surface area contributed by atoms with Gasteiger partial charge in [-0.3, -0.25) is 14.5 Å². The Morgan fingerprint density at radius 1 is 1.07 bits per heavy atom. The zero-order valence-corrected chi connectivity index (χ0v) is 17.9. The quantitative estimate of drug-likeness (QED) is 0.558. The van der Waals surface area contributed by atoms with Gasteiger partial charge in [-0.1, -0.05) is 31.7 Å². The first kappa shape index (κ1) is 19.5. The van der Waals surface area contributed by atoms with Crippen molar-refractivity contribution in [2.75, 3.05) is 5.32 Å². The monoisotopic (exact) mass is 424 g/mol. The minimum atomic E-state index is -0.476. The summed E-state index contributed by atoms with van der Waals surface area (Å²) in [4.78, 5) is 33.3. The van der Waals surface area contributed by atoms with E-state index < -0.39 is 6.04 Å². The van der Waals surface area contributed by atoms with Gasteiger partial charge in [0.1, 0.15) is 6.04 Å². The summed E-state index contributed by atoms with van der Waals surface area (Å²) in [6, 6.07) is 7.82. The fourth-order valence-corrected chi connectivity index (χ4v) is 5.46. The fraction of sp³-hybridized carbons (Fsp3) is 0.522. The van der Waals surface area contributed by atoms with Gasteiger partial charge in [-0.25, -0.2) is 0 Å². The summed E-state index contributed by atoms with van der Waals surface area (Å²) in [7, 11) is 0. The second-order valence-corrected chi connectivity index (χ2v) is 9.19. The Labute approximate surface area is 182 Å².